The number of aliphatic hydroxyl groups is 1. The maximum Gasteiger partial charge on any atom is 0.356 e. The third-order valence-electron chi connectivity index (χ3n) is 5.01. The Bertz CT molecular complexity index is 746. The zero-order valence-electron chi connectivity index (χ0n) is 14.5. The maximum absolute atomic E-state index is 11.2. The normalized spacial score (nSPS) is 16.5. The van der Waals surface area contributed by atoms with Gasteiger partial charge in [-0.2, -0.15) is 0 Å². The molecule has 0 spiro atoms. The van der Waals surface area contributed by atoms with Gasteiger partial charge in [0.25, 0.3) is 0 Å². The highest BCUT2D eigenvalue weighted by Crippen LogP contribution is 2.27. The van der Waals surface area contributed by atoms with Gasteiger partial charge in [0.15, 0.2) is 5.69 Å². The summed E-state index contributed by atoms with van der Waals surface area (Å²) in [5, 5.41) is 19.8. The van der Waals surface area contributed by atoms with Crippen LogP contribution in [0, 0.1) is 5.92 Å². The summed E-state index contributed by atoms with van der Waals surface area (Å²) in [6.45, 7) is 1.50. The van der Waals surface area contributed by atoms with Gasteiger partial charge in [0.2, 0.25) is 0 Å². The summed E-state index contributed by atoms with van der Waals surface area (Å²) in [5.41, 5.74) is 1.13. The minimum atomic E-state index is -1.12. The van der Waals surface area contributed by atoms with Gasteiger partial charge >= 0.3 is 5.97 Å². The number of rotatable bonds is 6. The van der Waals surface area contributed by atoms with Gasteiger partial charge in [-0.15, -0.1) is 0 Å². The molecule has 1 atom stereocenters. The first-order chi connectivity index (χ1) is 12.5. The Labute approximate surface area is 158 Å². The number of anilines is 1. The van der Waals surface area contributed by atoms with Crippen LogP contribution in [0.1, 0.15) is 35.3 Å². The predicted molar refractivity (Wildman–Crippen MR) is 102 cm³/mol. The summed E-state index contributed by atoms with van der Waals surface area (Å²) >= 11 is 5.89. The fourth-order valence-corrected chi connectivity index (χ4v) is 3.65. The molecule has 0 amide bonds. The van der Waals surface area contributed by atoms with E-state index in [1.165, 1.54) is 5.56 Å². The Balaban J connectivity index is 1.54. The van der Waals surface area contributed by atoms with Crippen LogP contribution in [0.3, 0.4) is 0 Å². The summed E-state index contributed by atoms with van der Waals surface area (Å²) in [4.78, 5) is 17.4. The van der Waals surface area contributed by atoms with Crippen LogP contribution < -0.4 is 4.90 Å². The Hall–Kier alpha value is -2.11. The van der Waals surface area contributed by atoms with Gasteiger partial charge in [-0.25, -0.2) is 9.78 Å². The van der Waals surface area contributed by atoms with Crippen LogP contribution in [0.4, 0.5) is 5.82 Å². The molecule has 1 aliphatic rings. The number of aliphatic hydroxyl groups excluding tert-OH is 1. The number of carboxylic acid groups (broad SMARTS) is 1. The second-order valence-electron chi connectivity index (χ2n) is 6.72. The molecular weight excluding hydrogens is 352 g/mol. The number of nitrogens with zero attached hydrogens (tertiary/aromatic N) is 2. The third kappa shape index (κ3) is 4.54. The summed E-state index contributed by atoms with van der Waals surface area (Å²) in [5.74, 6) is -0.228. The second kappa shape index (κ2) is 8.52. The van der Waals surface area contributed by atoms with E-state index in [0.717, 1.165) is 38.8 Å². The monoisotopic (exact) mass is 374 g/mol. The van der Waals surface area contributed by atoms with E-state index < -0.39 is 5.97 Å². The van der Waals surface area contributed by atoms with Crippen molar-refractivity contribution in [3.8, 4) is 0 Å². The Kier molecular flexibility index (Phi) is 6.12. The quantitative estimate of drug-likeness (QED) is 0.807. The van der Waals surface area contributed by atoms with Gasteiger partial charge < -0.3 is 15.1 Å². The van der Waals surface area contributed by atoms with Crippen molar-refractivity contribution in [2.24, 2.45) is 5.92 Å². The largest absolute Gasteiger partial charge is 0.476 e. The van der Waals surface area contributed by atoms with E-state index in [1.807, 2.05) is 18.2 Å². The number of halogens is 1. The van der Waals surface area contributed by atoms with Crippen LogP contribution in [0.2, 0.25) is 5.02 Å². The first kappa shape index (κ1) is 18.7. The molecule has 2 aromatic rings. The molecule has 26 heavy (non-hydrogen) atoms. The van der Waals surface area contributed by atoms with Crippen molar-refractivity contribution in [1.82, 2.24) is 4.98 Å². The first-order valence-electron chi connectivity index (χ1n) is 8.91. The van der Waals surface area contributed by atoms with Crippen LogP contribution >= 0.6 is 11.6 Å². The summed E-state index contributed by atoms with van der Waals surface area (Å²) in [6, 6.07) is 13.5. The molecule has 138 valence electrons. The van der Waals surface area contributed by atoms with Crippen molar-refractivity contribution in [3.63, 3.8) is 0 Å². The lowest BCUT2D eigenvalue weighted by Crippen LogP contribution is -2.38. The van der Waals surface area contributed by atoms with Crippen LogP contribution in [0.25, 0.3) is 0 Å². The second-order valence-corrected chi connectivity index (χ2v) is 7.13. The standard InChI is InChI=1S/C20H23ClN2O3/c21-16-7-9-18(22-19(16)20(25)26)23-12-10-15(11-13-23)17(24)8-6-14-4-2-1-3-5-14/h1-5,7,9,15,17,24H,6,8,10-13H2,(H,25,26). The maximum atomic E-state index is 11.2. The van der Waals surface area contributed by atoms with Gasteiger partial charge in [0.1, 0.15) is 5.82 Å². The smallest absolute Gasteiger partial charge is 0.356 e. The number of hydrogen-bond acceptors (Lipinski definition) is 4. The van der Waals surface area contributed by atoms with Crippen molar-refractivity contribution < 1.29 is 15.0 Å². The minimum absolute atomic E-state index is 0.116. The highest BCUT2D eigenvalue weighted by atomic mass is 35.5. The van der Waals surface area contributed by atoms with Gasteiger partial charge in [0.05, 0.1) is 11.1 Å². The number of hydrogen-bond donors (Lipinski definition) is 2. The topological polar surface area (TPSA) is 73.7 Å². The third-order valence-corrected chi connectivity index (χ3v) is 5.32. The fourth-order valence-electron chi connectivity index (χ4n) is 3.47. The molecule has 5 nitrogen and oxygen atoms in total. The molecule has 0 aliphatic carbocycles. The molecule has 1 aromatic heterocycles. The lowest BCUT2D eigenvalue weighted by molar-refractivity contribution is 0.0691. The zero-order valence-corrected chi connectivity index (χ0v) is 15.3. The molecule has 1 aromatic carbocycles. The molecule has 3 rings (SSSR count). The highest BCUT2D eigenvalue weighted by molar-refractivity contribution is 6.33. The Morgan fingerprint density at radius 3 is 2.54 bits per heavy atom. The molecule has 0 bridgehead atoms. The van der Waals surface area contributed by atoms with Crippen molar-refractivity contribution in [1.29, 1.82) is 0 Å². The average molecular weight is 375 g/mol. The van der Waals surface area contributed by atoms with Crippen molar-refractivity contribution in [2.75, 3.05) is 18.0 Å². The van der Waals surface area contributed by atoms with Crippen LogP contribution in [0.5, 0.6) is 0 Å². The highest BCUT2D eigenvalue weighted by Gasteiger charge is 2.26. The number of pyridine rings is 1. The van der Waals surface area contributed by atoms with E-state index in [9.17, 15) is 9.90 Å². The number of carboxylic acids is 1. The molecule has 6 heteroatoms. The van der Waals surface area contributed by atoms with Gasteiger partial charge in [-0.05, 0) is 49.3 Å². The SMILES string of the molecule is O=C(O)c1nc(N2CCC(C(O)CCc3ccccc3)CC2)ccc1Cl. The molecule has 2 N–H and O–H groups in total. The Morgan fingerprint density at radius 1 is 1.19 bits per heavy atom. The van der Waals surface area contributed by atoms with Crippen molar-refractivity contribution in [2.45, 2.75) is 31.8 Å². The van der Waals surface area contributed by atoms with E-state index in [1.54, 1.807) is 12.1 Å². The van der Waals surface area contributed by atoms with Crippen LogP contribution in [-0.2, 0) is 6.42 Å². The van der Waals surface area contributed by atoms with E-state index in [4.69, 9.17) is 16.7 Å². The number of aromatic carboxylic acids is 1. The molecule has 2 heterocycles. The predicted octanol–water partition coefficient (Wildman–Crippen LogP) is 3.64. The number of carbonyl (C=O) groups is 1. The summed E-state index contributed by atoms with van der Waals surface area (Å²) in [6.07, 6.45) is 3.05. The molecule has 1 fully saturated rings. The lowest BCUT2D eigenvalue weighted by Gasteiger charge is -2.35. The van der Waals surface area contributed by atoms with Crippen LogP contribution in [-0.4, -0.2) is 40.4 Å². The molecule has 0 radical (unpaired) electrons. The zero-order chi connectivity index (χ0) is 18.5. The summed E-state index contributed by atoms with van der Waals surface area (Å²) in [7, 11) is 0. The van der Waals surface area contributed by atoms with E-state index >= 15 is 0 Å². The molecular formula is C20H23ClN2O3. The number of benzene rings is 1. The van der Waals surface area contributed by atoms with Crippen molar-refractivity contribution >= 4 is 23.4 Å². The van der Waals surface area contributed by atoms with Crippen LogP contribution in [0.15, 0.2) is 42.5 Å². The summed E-state index contributed by atoms with van der Waals surface area (Å²) < 4.78 is 0. The average Bonchev–Trinajstić information content (AvgIpc) is 2.67. The van der Waals surface area contributed by atoms with Gasteiger partial charge in [0, 0.05) is 13.1 Å². The fraction of sp³-hybridized carbons (Fsp3) is 0.400. The van der Waals surface area contributed by atoms with E-state index in [-0.39, 0.29) is 22.7 Å². The molecule has 1 saturated heterocycles. The van der Waals surface area contributed by atoms with E-state index in [2.05, 4.69) is 22.0 Å². The van der Waals surface area contributed by atoms with Gasteiger partial charge in [-0.3, -0.25) is 0 Å². The Morgan fingerprint density at radius 2 is 1.88 bits per heavy atom. The minimum Gasteiger partial charge on any atom is -0.476 e. The number of piperidine rings is 1. The lowest BCUT2D eigenvalue weighted by atomic mass is 9.88. The molecule has 0 saturated carbocycles. The number of aromatic nitrogens is 1. The molecule has 1 unspecified atom stereocenters. The number of aryl methyl sites for hydroxylation is 1. The molecule has 1 aliphatic heterocycles. The van der Waals surface area contributed by atoms with Gasteiger partial charge in [-0.1, -0.05) is 41.9 Å². The first-order valence-corrected chi connectivity index (χ1v) is 9.29. The van der Waals surface area contributed by atoms with Crippen molar-refractivity contribution in [3.05, 3.63) is 58.7 Å². The van der Waals surface area contributed by atoms with E-state index in [0.29, 0.717) is 5.82 Å².